The van der Waals surface area contributed by atoms with Crippen LogP contribution in [0.5, 0.6) is 0 Å². The van der Waals surface area contributed by atoms with Crippen LogP contribution in [0.15, 0.2) is 18.2 Å². The zero-order valence-corrected chi connectivity index (χ0v) is 12.1. The van der Waals surface area contributed by atoms with E-state index in [0.29, 0.717) is 6.42 Å². The molecule has 108 valence electrons. The summed E-state index contributed by atoms with van der Waals surface area (Å²) in [4.78, 5) is 13.8. The van der Waals surface area contributed by atoms with E-state index in [-0.39, 0.29) is 5.91 Å². The maximum atomic E-state index is 11.5. The number of carbonyl (C=O) groups excluding carboxylic acids is 1. The number of rotatable bonds is 4. The van der Waals surface area contributed by atoms with Crippen molar-refractivity contribution in [1.29, 1.82) is 0 Å². The van der Waals surface area contributed by atoms with Gasteiger partial charge in [-0.25, -0.2) is 0 Å². The van der Waals surface area contributed by atoms with Gasteiger partial charge in [0, 0.05) is 44.3 Å². The summed E-state index contributed by atoms with van der Waals surface area (Å²) in [5.74, 6) is 0.164. The number of amides is 1. The monoisotopic (exact) mass is 273 g/mol. The number of aryl methyl sites for hydroxylation is 1. The highest BCUT2D eigenvalue weighted by Crippen LogP contribution is 2.25. The van der Waals surface area contributed by atoms with Crippen LogP contribution in [0.4, 0.5) is 5.69 Å². The van der Waals surface area contributed by atoms with Crippen LogP contribution in [0, 0.1) is 6.92 Å². The molecule has 2 fully saturated rings. The normalized spacial score (nSPS) is 19.6. The van der Waals surface area contributed by atoms with Crippen molar-refractivity contribution in [1.82, 2.24) is 10.6 Å². The Bertz CT molecular complexity index is 496. The Hall–Kier alpha value is -1.55. The van der Waals surface area contributed by atoms with Crippen molar-refractivity contribution in [2.75, 3.05) is 24.5 Å². The van der Waals surface area contributed by atoms with Crippen molar-refractivity contribution in [3.8, 4) is 0 Å². The molecule has 4 nitrogen and oxygen atoms in total. The van der Waals surface area contributed by atoms with E-state index < -0.39 is 0 Å². The second-order valence-corrected chi connectivity index (χ2v) is 5.87. The molecule has 20 heavy (non-hydrogen) atoms. The second-order valence-electron chi connectivity index (χ2n) is 5.87. The van der Waals surface area contributed by atoms with Crippen molar-refractivity contribution in [2.24, 2.45) is 0 Å². The summed E-state index contributed by atoms with van der Waals surface area (Å²) in [6.45, 7) is 5.51. The zero-order chi connectivity index (χ0) is 13.9. The Kier molecular flexibility index (Phi) is 3.92. The smallest absolute Gasteiger partial charge is 0.221 e. The molecular formula is C16H23N3O. The Morgan fingerprint density at radius 2 is 2.20 bits per heavy atom. The highest BCUT2D eigenvalue weighted by Gasteiger charge is 2.21. The number of hydrogen-bond acceptors (Lipinski definition) is 3. The number of nitrogens with one attached hydrogen (secondary N) is 2. The van der Waals surface area contributed by atoms with Gasteiger partial charge in [0.25, 0.3) is 0 Å². The first-order valence-electron chi connectivity index (χ1n) is 7.57. The predicted molar refractivity (Wildman–Crippen MR) is 80.9 cm³/mol. The van der Waals surface area contributed by atoms with Crippen LogP contribution < -0.4 is 15.5 Å². The molecule has 4 heteroatoms. The van der Waals surface area contributed by atoms with Crippen LogP contribution in [-0.4, -0.2) is 31.6 Å². The molecule has 0 unspecified atom stereocenters. The van der Waals surface area contributed by atoms with Crippen molar-refractivity contribution < 1.29 is 4.79 Å². The molecule has 1 heterocycles. The largest absolute Gasteiger partial charge is 0.369 e. The minimum absolute atomic E-state index is 0.164. The number of anilines is 1. The third kappa shape index (κ3) is 3.31. The Labute approximate surface area is 120 Å². The van der Waals surface area contributed by atoms with Crippen molar-refractivity contribution >= 4 is 11.6 Å². The van der Waals surface area contributed by atoms with Crippen LogP contribution in [0.25, 0.3) is 0 Å². The molecule has 0 radical (unpaired) electrons. The van der Waals surface area contributed by atoms with Gasteiger partial charge in [0.15, 0.2) is 0 Å². The molecule has 1 saturated carbocycles. The van der Waals surface area contributed by atoms with Crippen molar-refractivity contribution in [3.63, 3.8) is 0 Å². The van der Waals surface area contributed by atoms with Gasteiger partial charge in [-0.2, -0.15) is 0 Å². The summed E-state index contributed by atoms with van der Waals surface area (Å²) < 4.78 is 0. The fourth-order valence-electron chi connectivity index (χ4n) is 2.71. The molecule has 1 aromatic carbocycles. The lowest BCUT2D eigenvalue weighted by Gasteiger charge is -2.25. The second kappa shape index (κ2) is 5.83. The van der Waals surface area contributed by atoms with Gasteiger partial charge in [-0.3, -0.25) is 4.79 Å². The van der Waals surface area contributed by atoms with E-state index in [1.807, 2.05) is 0 Å². The van der Waals surface area contributed by atoms with E-state index in [0.717, 1.165) is 32.2 Å². The highest BCUT2D eigenvalue weighted by molar-refractivity contribution is 5.77. The van der Waals surface area contributed by atoms with Gasteiger partial charge < -0.3 is 15.5 Å². The van der Waals surface area contributed by atoms with E-state index >= 15 is 0 Å². The molecular weight excluding hydrogens is 250 g/mol. The Morgan fingerprint density at radius 3 is 3.00 bits per heavy atom. The standard InChI is InChI=1S/C16H23N3O/c1-12-2-5-15(13(10-12)11-18-14-3-4-14)19-8-6-16(20)17-7-9-19/h2,5,10,14,18H,3-4,6-9,11H2,1H3,(H,17,20). The topological polar surface area (TPSA) is 44.4 Å². The SMILES string of the molecule is Cc1ccc(N2CCNC(=O)CC2)c(CNC2CC2)c1. The first-order valence-corrected chi connectivity index (χ1v) is 7.57. The molecule has 1 aliphatic carbocycles. The number of hydrogen-bond donors (Lipinski definition) is 2. The van der Waals surface area contributed by atoms with Crippen LogP contribution in [-0.2, 0) is 11.3 Å². The average Bonchev–Trinajstić information content (AvgIpc) is 3.25. The molecule has 0 spiro atoms. The molecule has 0 atom stereocenters. The lowest BCUT2D eigenvalue weighted by molar-refractivity contribution is -0.120. The molecule has 1 aromatic rings. The van der Waals surface area contributed by atoms with Crippen LogP contribution in [0.2, 0.25) is 0 Å². The van der Waals surface area contributed by atoms with Gasteiger partial charge in [0.05, 0.1) is 0 Å². The number of nitrogens with zero attached hydrogens (tertiary/aromatic N) is 1. The highest BCUT2D eigenvalue weighted by atomic mass is 16.1. The number of benzene rings is 1. The van der Waals surface area contributed by atoms with Crippen LogP contribution >= 0.6 is 0 Å². The quantitative estimate of drug-likeness (QED) is 0.875. The molecule has 0 aromatic heterocycles. The minimum atomic E-state index is 0.164. The molecule has 0 bridgehead atoms. The number of carbonyl (C=O) groups is 1. The summed E-state index contributed by atoms with van der Waals surface area (Å²) in [6, 6.07) is 7.35. The first kappa shape index (κ1) is 13.4. The fourth-order valence-corrected chi connectivity index (χ4v) is 2.71. The van der Waals surface area contributed by atoms with E-state index in [2.05, 4.69) is 40.7 Å². The molecule has 2 N–H and O–H groups in total. The van der Waals surface area contributed by atoms with E-state index in [1.165, 1.54) is 29.7 Å². The third-order valence-corrected chi connectivity index (χ3v) is 4.05. The maximum Gasteiger partial charge on any atom is 0.221 e. The lowest BCUT2D eigenvalue weighted by Crippen LogP contribution is -2.30. The van der Waals surface area contributed by atoms with Gasteiger partial charge in [0.2, 0.25) is 5.91 Å². The molecule has 1 saturated heterocycles. The summed E-state index contributed by atoms with van der Waals surface area (Å²) in [5.41, 5.74) is 3.93. The van der Waals surface area contributed by atoms with Gasteiger partial charge in [0.1, 0.15) is 0 Å². The van der Waals surface area contributed by atoms with Gasteiger partial charge >= 0.3 is 0 Å². The Balaban J connectivity index is 1.77. The van der Waals surface area contributed by atoms with Gasteiger partial charge in [-0.05, 0) is 31.4 Å². The van der Waals surface area contributed by atoms with Gasteiger partial charge in [-0.1, -0.05) is 17.7 Å². The summed E-state index contributed by atoms with van der Waals surface area (Å²) in [7, 11) is 0. The predicted octanol–water partition coefficient (Wildman–Crippen LogP) is 1.57. The molecule has 3 rings (SSSR count). The molecule has 1 aliphatic heterocycles. The maximum absolute atomic E-state index is 11.5. The summed E-state index contributed by atoms with van der Waals surface area (Å²) in [6.07, 6.45) is 3.20. The summed E-state index contributed by atoms with van der Waals surface area (Å²) >= 11 is 0. The van der Waals surface area contributed by atoms with Crippen molar-refractivity contribution in [3.05, 3.63) is 29.3 Å². The third-order valence-electron chi connectivity index (χ3n) is 4.05. The van der Waals surface area contributed by atoms with E-state index in [1.54, 1.807) is 0 Å². The lowest BCUT2D eigenvalue weighted by atomic mass is 10.1. The Morgan fingerprint density at radius 1 is 1.35 bits per heavy atom. The van der Waals surface area contributed by atoms with Crippen molar-refractivity contribution in [2.45, 2.75) is 38.8 Å². The van der Waals surface area contributed by atoms with Crippen LogP contribution in [0.1, 0.15) is 30.4 Å². The first-order chi connectivity index (χ1) is 9.72. The minimum Gasteiger partial charge on any atom is -0.369 e. The van der Waals surface area contributed by atoms with E-state index in [4.69, 9.17) is 0 Å². The summed E-state index contributed by atoms with van der Waals surface area (Å²) in [5, 5.41) is 6.53. The van der Waals surface area contributed by atoms with Gasteiger partial charge in [-0.15, -0.1) is 0 Å². The van der Waals surface area contributed by atoms with Crippen LogP contribution in [0.3, 0.4) is 0 Å². The molecule has 2 aliphatic rings. The van der Waals surface area contributed by atoms with E-state index in [9.17, 15) is 4.79 Å². The zero-order valence-electron chi connectivity index (χ0n) is 12.1. The average molecular weight is 273 g/mol. The fraction of sp³-hybridized carbons (Fsp3) is 0.562. The molecule has 1 amide bonds.